The predicted molar refractivity (Wildman–Crippen MR) is 148 cm³/mol. The van der Waals surface area contributed by atoms with Crippen molar-refractivity contribution in [3.05, 3.63) is 102 Å². The van der Waals surface area contributed by atoms with Crippen molar-refractivity contribution in [1.82, 2.24) is 0 Å². The number of allylic oxidation sites excluding steroid dienone is 1. The molecule has 0 radical (unpaired) electrons. The Morgan fingerprint density at radius 2 is 1.69 bits per heavy atom. The minimum absolute atomic E-state index is 0.180. The van der Waals surface area contributed by atoms with Gasteiger partial charge in [0.1, 0.15) is 11.3 Å². The van der Waals surface area contributed by atoms with E-state index in [-0.39, 0.29) is 5.91 Å². The zero-order valence-corrected chi connectivity index (χ0v) is 20.8. The van der Waals surface area contributed by atoms with Gasteiger partial charge < -0.3 is 14.5 Å². The molecule has 1 amide bonds. The normalized spacial score (nSPS) is 11.7. The summed E-state index contributed by atoms with van der Waals surface area (Å²) < 4.78 is 11.9. The summed E-state index contributed by atoms with van der Waals surface area (Å²) in [4.78, 5) is 12.8. The molecule has 0 unspecified atom stereocenters. The average Bonchev–Trinajstić information content (AvgIpc) is 3.31. The summed E-state index contributed by atoms with van der Waals surface area (Å²) in [7, 11) is 0. The molecule has 180 valence electrons. The Balaban J connectivity index is 1.54. The van der Waals surface area contributed by atoms with Crippen molar-refractivity contribution in [3.63, 3.8) is 0 Å². The molecule has 0 aliphatic carbocycles. The second-order valence-electron chi connectivity index (χ2n) is 8.82. The fourth-order valence-corrected chi connectivity index (χ4v) is 4.58. The fourth-order valence-electron chi connectivity index (χ4n) is 4.58. The third-order valence-electron chi connectivity index (χ3n) is 6.46. The number of nitrogens with one attached hydrogen (secondary N) is 1. The molecule has 4 nitrogen and oxygen atoms in total. The second kappa shape index (κ2) is 10.1. The first kappa shape index (κ1) is 23.4. The van der Waals surface area contributed by atoms with E-state index in [0.29, 0.717) is 12.4 Å². The van der Waals surface area contributed by atoms with Crippen LogP contribution in [0.15, 0.2) is 95.6 Å². The smallest absolute Gasteiger partial charge is 0.248 e. The number of carbonyl (C=O) groups excluding carboxylic acids is 1. The van der Waals surface area contributed by atoms with Gasteiger partial charge in [0.25, 0.3) is 0 Å². The van der Waals surface area contributed by atoms with Gasteiger partial charge >= 0.3 is 0 Å². The average molecular weight is 476 g/mol. The highest BCUT2D eigenvalue weighted by Crippen LogP contribution is 2.39. The Labute approximate surface area is 211 Å². The maximum Gasteiger partial charge on any atom is 0.248 e. The highest BCUT2D eigenvalue weighted by atomic mass is 16.5. The first-order chi connectivity index (χ1) is 17.6. The molecule has 0 aliphatic heterocycles. The second-order valence-corrected chi connectivity index (χ2v) is 8.82. The van der Waals surface area contributed by atoms with E-state index in [1.54, 1.807) is 12.3 Å². The first-order valence-electron chi connectivity index (χ1n) is 12.3. The van der Waals surface area contributed by atoms with Crippen molar-refractivity contribution in [2.45, 2.75) is 27.2 Å². The monoisotopic (exact) mass is 475 g/mol. The van der Waals surface area contributed by atoms with Crippen LogP contribution in [0.2, 0.25) is 0 Å². The number of hydrogen-bond donors (Lipinski definition) is 1. The van der Waals surface area contributed by atoms with E-state index in [4.69, 9.17) is 9.15 Å². The SMILES string of the molecule is CCOc1cc2occ(-c3cccc4ccccc34)c2cc1/C(C)=C/C(=O)Nc1ccc(CC)cc1. The van der Waals surface area contributed by atoms with Crippen LogP contribution in [0.1, 0.15) is 31.9 Å². The van der Waals surface area contributed by atoms with Crippen LogP contribution in [-0.4, -0.2) is 12.5 Å². The van der Waals surface area contributed by atoms with E-state index < -0.39 is 0 Å². The number of benzene rings is 4. The van der Waals surface area contributed by atoms with E-state index in [1.165, 1.54) is 16.3 Å². The van der Waals surface area contributed by atoms with E-state index >= 15 is 0 Å². The molecule has 4 aromatic carbocycles. The number of aryl methyl sites for hydroxylation is 1. The van der Waals surface area contributed by atoms with Crippen LogP contribution in [-0.2, 0) is 11.2 Å². The summed E-state index contributed by atoms with van der Waals surface area (Å²) in [6, 6.07) is 26.5. The molecule has 0 atom stereocenters. The molecular weight excluding hydrogens is 446 g/mol. The van der Waals surface area contributed by atoms with E-state index in [9.17, 15) is 4.79 Å². The van der Waals surface area contributed by atoms with Crippen molar-refractivity contribution in [2.75, 3.05) is 11.9 Å². The first-order valence-corrected chi connectivity index (χ1v) is 12.3. The Morgan fingerprint density at radius 3 is 2.47 bits per heavy atom. The Hall–Kier alpha value is -4.31. The topological polar surface area (TPSA) is 51.5 Å². The molecular formula is C32H29NO3. The lowest BCUT2D eigenvalue weighted by Gasteiger charge is -2.12. The third kappa shape index (κ3) is 4.63. The Kier molecular flexibility index (Phi) is 6.59. The molecule has 0 fully saturated rings. The minimum atomic E-state index is -0.180. The van der Waals surface area contributed by atoms with Gasteiger partial charge in [0, 0.05) is 34.3 Å². The predicted octanol–water partition coefficient (Wildman–Crippen LogP) is 8.26. The lowest BCUT2D eigenvalue weighted by molar-refractivity contribution is -0.111. The molecule has 1 heterocycles. The van der Waals surface area contributed by atoms with Gasteiger partial charge in [-0.15, -0.1) is 0 Å². The van der Waals surface area contributed by atoms with Gasteiger partial charge in [-0.3, -0.25) is 4.79 Å². The van der Waals surface area contributed by atoms with Crippen LogP contribution in [0.4, 0.5) is 5.69 Å². The van der Waals surface area contributed by atoms with Gasteiger partial charge in [-0.25, -0.2) is 0 Å². The van der Waals surface area contributed by atoms with Crippen LogP contribution in [0.25, 0.3) is 38.4 Å². The zero-order chi connectivity index (χ0) is 25.1. The fraction of sp³-hybridized carbons (Fsp3) is 0.156. The number of carbonyl (C=O) groups is 1. The van der Waals surface area contributed by atoms with E-state index in [0.717, 1.165) is 45.3 Å². The number of fused-ring (bicyclic) bond motifs is 2. The summed E-state index contributed by atoms with van der Waals surface area (Å²) in [6.07, 6.45) is 4.39. The van der Waals surface area contributed by atoms with Gasteiger partial charge in [-0.1, -0.05) is 61.5 Å². The van der Waals surface area contributed by atoms with Crippen LogP contribution >= 0.6 is 0 Å². The quantitative estimate of drug-likeness (QED) is 0.241. The zero-order valence-electron chi connectivity index (χ0n) is 20.8. The molecule has 4 heteroatoms. The third-order valence-corrected chi connectivity index (χ3v) is 6.46. The molecule has 0 spiro atoms. The summed E-state index contributed by atoms with van der Waals surface area (Å²) in [5.41, 5.74) is 6.55. The highest BCUT2D eigenvalue weighted by molar-refractivity contribution is 6.07. The summed E-state index contributed by atoms with van der Waals surface area (Å²) in [5.74, 6) is 0.512. The number of anilines is 1. The molecule has 1 N–H and O–H groups in total. The lowest BCUT2D eigenvalue weighted by atomic mass is 9.96. The number of amides is 1. The largest absolute Gasteiger partial charge is 0.493 e. The van der Waals surface area contributed by atoms with Gasteiger partial charge in [0.2, 0.25) is 5.91 Å². The Bertz CT molecular complexity index is 1570. The number of furan rings is 1. The van der Waals surface area contributed by atoms with Crippen molar-refractivity contribution in [2.24, 2.45) is 0 Å². The number of rotatable bonds is 7. The maximum absolute atomic E-state index is 12.8. The molecule has 5 rings (SSSR count). The van der Waals surface area contributed by atoms with Crippen molar-refractivity contribution in [3.8, 4) is 16.9 Å². The minimum Gasteiger partial charge on any atom is -0.493 e. The van der Waals surface area contributed by atoms with Gasteiger partial charge in [0.15, 0.2) is 0 Å². The number of hydrogen-bond acceptors (Lipinski definition) is 3. The summed E-state index contributed by atoms with van der Waals surface area (Å²) in [5, 5.41) is 6.28. The van der Waals surface area contributed by atoms with Crippen molar-refractivity contribution >= 4 is 38.9 Å². The summed E-state index contributed by atoms with van der Waals surface area (Å²) >= 11 is 0. The standard InChI is InChI=1S/C32H29NO3/c1-4-22-13-15-24(16-14-22)33-32(34)17-21(3)27-18-28-29(20-36-31(28)19-30(27)35-5-2)26-12-8-10-23-9-6-7-11-25(23)26/h6-20H,4-5H2,1-3H3,(H,33,34)/b21-17+. The van der Waals surface area contributed by atoms with E-state index in [1.807, 2.05) is 56.3 Å². The van der Waals surface area contributed by atoms with Crippen molar-refractivity contribution < 1.29 is 13.9 Å². The number of ether oxygens (including phenoxy) is 1. The van der Waals surface area contributed by atoms with E-state index in [2.05, 4.69) is 48.6 Å². The maximum atomic E-state index is 12.8. The molecule has 1 aromatic heterocycles. The van der Waals surface area contributed by atoms with Crippen LogP contribution in [0.5, 0.6) is 5.75 Å². The van der Waals surface area contributed by atoms with Crippen molar-refractivity contribution in [1.29, 1.82) is 0 Å². The highest BCUT2D eigenvalue weighted by Gasteiger charge is 2.16. The lowest BCUT2D eigenvalue weighted by Crippen LogP contribution is -2.08. The molecule has 5 aromatic rings. The molecule has 36 heavy (non-hydrogen) atoms. The molecule has 0 saturated heterocycles. The van der Waals surface area contributed by atoms with Gasteiger partial charge in [0.05, 0.1) is 12.9 Å². The van der Waals surface area contributed by atoms with Crippen LogP contribution in [0.3, 0.4) is 0 Å². The van der Waals surface area contributed by atoms with Crippen LogP contribution in [0, 0.1) is 0 Å². The van der Waals surface area contributed by atoms with Gasteiger partial charge in [-0.05, 0) is 65.9 Å². The molecule has 0 saturated carbocycles. The Morgan fingerprint density at radius 1 is 0.917 bits per heavy atom. The molecule has 0 bridgehead atoms. The molecule has 0 aliphatic rings. The van der Waals surface area contributed by atoms with Gasteiger partial charge in [-0.2, -0.15) is 0 Å². The van der Waals surface area contributed by atoms with Crippen LogP contribution < -0.4 is 10.1 Å². The summed E-state index contributed by atoms with van der Waals surface area (Å²) in [6.45, 7) is 6.50.